The summed E-state index contributed by atoms with van der Waals surface area (Å²) in [5.41, 5.74) is -6.88. The van der Waals surface area contributed by atoms with Crippen LogP contribution in [0.3, 0.4) is 0 Å². The molecule has 0 rings (SSSR count). The molecule has 152 valence electrons. The Morgan fingerprint density at radius 1 is 0.440 bits per heavy atom. The van der Waals surface area contributed by atoms with Crippen LogP contribution in [0.5, 0.6) is 0 Å². The Labute approximate surface area is 136 Å². The van der Waals surface area contributed by atoms with Crippen LogP contribution in [-0.2, 0) is 0 Å². The quantitative estimate of drug-likeness (QED) is 0.320. The van der Waals surface area contributed by atoms with Gasteiger partial charge in [0, 0.05) is 5.33 Å². The molecule has 0 fully saturated rings. The van der Waals surface area contributed by atoms with Crippen LogP contribution in [-0.4, -0.2) is 41.6 Å². The monoisotopic (exact) mass is 476 g/mol. The number of hydrogen-bond acceptors (Lipinski definition) is 0. The Morgan fingerprint density at radius 3 is 0.960 bits per heavy atom. The fourth-order valence-corrected chi connectivity index (χ4v) is 2.34. The second kappa shape index (κ2) is 6.25. The van der Waals surface area contributed by atoms with Crippen molar-refractivity contribution in [3.8, 4) is 0 Å². The zero-order chi connectivity index (χ0) is 20.9. The number of rotatable bonds is 5. The van der Waals surface area contributed by atoms with Gasteiger partial charge in [0.25, 0.3) is 0 Å². The molecule has 16 heteroatoms. The molecule has 0 aromatic carbocycles. The summed E-state index contributed by atoms with van der Waals surface area (Å²) in [6, 6.07) is 0. The van der Waals surface area contributed by atoms with Crippen molar-refractivity contribution in [1.29, 1.82) is 0 Å². The van der Waals surface area contributed by atoms with Crippen molar-refractivity contribution < 1.29 is 65.9 Å². The van der Waals surface area contributed by atoms with E-state index in [-0.39, 0.29) is 0 Å². The lowest BCUT2D eigenvalue weighted by atomic mass is 9.72. The largest absolute Gasteiger partial charge is 0.460 e. The highest BCUT2D eigenvalue weighted by atomic mass is 79.9. The third kappa shape index (κ3) is 3.26. The minimum atomic E-state index is -8.08. The number of hydrogen-bond donors (Lipinski definition) is 0. The summed E-state index contributed by atoms with van der Waals surface area (Å²) in [6.07, 6.45) is -25.3. The summed E-state index contributed by atoms with van der Waals surface area (Å²) in [5.74, 6) is -23.9. The maximum atomic E-state index is 13.5. The molecule has 25 heavy (non-hydrogen) atoms. The van der Waals surface area contributed by atoms with E-state index in [1.165, 1.54) is 0 Å². The Balaban J connectivity index is 6.94. The van der Waals surface area contributed by atoms with Crippen LogP contribution in [0.1, 0.15) is 6.42 Å². The Bertz CT molecular complexity index is 453. The van der Waals surface area contributed by atoms with Crippen molar-refractivity contribution in [3.05, 3.63) is 0 Å². The van der Waals surface area contributed by atoms with Crippen molar-refractivity contribution in [2.45, 2.75) is 42.7 Å². The van der Waals surface area contributed by atoms with Crippen molar-refractivity contribution in [1.82, 2.24) is 0 Å². The summed E-state index contributed by atoms with van der Waals surface area (Å²) in [4.78, 5) is 0. The topological polar surface area (TPSA) is 0 Å². The third-order valence-corrected chi connectivity index (χ3v) is 3.51. The first kappa shape index (κ1) is 24.4. The van der Waals surface area contributed by atoms with E-state index in [4.69, 9.17) is 0 Å². The first-order valence-corrected chi connectivity index (χ1v) is 6.58. The van der Waals surface area contributed by atoms with Gasteiger partial charge in [-0.15, -0.1) is 0 Å². The van der Waals surface area contributed by atoms with E-state index in [0.29, 0.717) is 0 Å². The molecule has 0 radical (unpaired) electrons. The minimum absolute atomic E-state index is 1.73. The standard InChI is InChI=1S/C9H4BrF15/c10-2-1-3(7(17,18)19,8(20,21)22)4(11,12)5(13,14)6(15,16)9(23,24)25/h1-2H2. The zero-order valence-electron chi connectivity index (χ0n) is 11.0. The molecule has 0 aromatic rings. The third-order valence-electron chi connectivity index (χ3n) is 3.12. The predicted molar refractivity (Wildman–Crippen MR) is 53.8 cm³/mol. The minimum Gasteiger partial charge on any atom is -0.198 e. The van der Waals surface area contributed by atoms with Crippen molar-refractivity contribution in [3.63, 3.8) is 0 Å². The molecule has 0 spiro atoms. The van der Waals surface area contributed by atoms with Gasteiger partial charge >= 0.3 is 36.3 Å². The summed E-state index contributed by atoms with van der Waals surface area (Å²) >= 11 is 1.83. The molecule has 0 bridgehead atoms. The second-order valence-corrected chi connectivity index (χ2v) is 5.35. The van der Waals surface area contributed by atoms with Gasteiger partial charge in [-0.25, -0.2) is 0 Å². The summed E-state index contributed by atoms with van der Waals surface area (Å²) in [6.45, 7) is 0. The van der Waals surface area contributed by atoms with E-state index in [9.17, 15) is 65.9 Å². The average molecular weight is 477 g/mol. The molecule has 0 aliphatic heterocycles. The van der Waals surface area contributed by atoms with Crippen LogP contribution in [0.25, 0.3) is 0 Å². The molecular weight excluding hydrogens is 473 g/mol. The molecule has 0 heterocycles. The van der Waals surface area contributed by atoms with Crippen LogP contribution in [0, 0.1) is 5.41 Å². The highest BCUT2D eigenvalue weighted by Crippen LogP contribution is 2.68. The van der Waals surface area contributed by atoms with Crippen LogP contribution in [0.4, 0.5) is 65.9 Å². The van der Waals surface area contributed by atoms with E-state index in [1.807, 2.05) is 15.9 Å². The van der Waals surface area contributed by atoms with Crippen molar-refractivity contribution in [2.75, 3.05) is 5.33 Å². The lowest BCUT2D eigenvalue weighted by Gasteiger charge is -2.46. The van der Waals surface area contributed by atoms with Gasteiger partial charge in [-0.05, 0) is 6.42 Å². The fraction of sp³-hybridized carbons (Fsp3) is 1.00. The number of halogens is 16. The van der Waals surface area contributed by atoms with Gasteiger partial charge in [0.15, 0.2) is 0 Å². The van der Waals surface area contributed by atoms with Crippen molar-refractivity contribution in [2.24, 2.45) is 5.41 Å². The molecule has 0 nitrogen and oxygen atoms in total. The highest BCUT2D eigenvalue weighted by molar-refractivity contribution is 9.09. The molecule has 0 saturated heterocycles. The van der Waals surface area contributed by atoms with Crippen molar-refractivity contribution >= 4 is 15.9 Å². The van der Waals surface area contributed by atoms with E-state index < -0.39 is 53.5 Å². The van der Waals surface area contributed by atoms with Gasteiger partial charge in [-0.3, -0.25) is 0 Å². The molecule has 0 N–H and O–H groups in total. The van der Waals surface area contributed by atoms with Gasteiger partial charge in [0.1, 0.15) is 0 Å². The smallest absolute Gasteiger partial charge is 0.198 e. The molecule has 0 saturated carbocycles. The summed E-state index contributed by atoms with van der Waals surface area (Å²) < 4.78 is 190. The first-order valence-electron chi connectivity index (χ1n) is 5.46. The predicted octanol–water partition coefficient (Wildman–Crippen LogP) is 6.35. The number of alkyl halides is 16. The first-order chi connectivity index (χ1) is 10.6. The molecule has 0 aliphatic rings. The highest BCUT2D eigenvalue weighted by Gasteiger charge is 2.93. The van der Waals surface area contributed by atoms with E-state index >= 15 is 0 Å². The second-order valence-electron chi connectivity index (χ2n) is 4.56. The van der Waals surface area contributed by atoms with Crippen LogP contribution in [0.15, 0.2) is 0 Å². The molecule has 0 atom stereocenters. The zero-order valence-corrected chi connectivity index (χ0v) is 12.5. The van der Waals surface area contributed by atoms with Gasteiger partial charge < -0.3 is 0 Å². The summed E-state index contributed by atoms with van der Waals surface area (Å²) in [7, 11) is 0. The van der Waals surface area contributed by atoms with Crippen LogP contribution < -0.4 is 0 Å². The van der Waals surface area contributed by atoms with Gasteiger partial charge in [0.05, 0.1) is 0 Å². The van der Waals surface area contributed by atoms with Gasteiger partial charge in [-0.1, -0.05) is 15.9 Å². The maximum absolute atomic E-state index is 13.5. The fourth-order valence-electron chi connectivity index (χ4n) is 1.74. The van der Waals surface area contributed by atoms with E-state index in [2.05, 4.69) is 0 Å². The van der Waals surface area contributed by atoms with Crippen LogP contribution in [0.2, 0.25) is 0 Å². The molecule has 0 amide bonds. The molecular formula is C9H4BrF15. The Hall–Kier alpha value is -0.570. The van der Waals surface area contributed by atoms with E-state index in [0.717, 1.165) is 0 Å². The maximum Gasteiger partial charge on any atom is 0.460 e. The SMILES string of the molecule is FC(F)(F)C(F)(F)C(F)(F)C(F)(F)C(CCBr)(C(F)(F)F)C(F)(F)F. The lowest BCUT2D eigenvalue weighted by molar-refractivity contribution is -0.469. The Morgan fingerprint density at radius 2 is 0.760 bits per heavy atom. The summed E-state index contributed by atoms with van der Waals surface area (Å²) in [5, 5.41) is -1.73. The molecule has 0 aliphatic carbocycles. The molecule has 0 unspecified atom stereocenters. The van der Waals surface area contributed by atoms with E-state index in [1.54, 1.807) is 0 Å². The Kier molecular flexibility index (Phi) is 6.11. The normalized spacial score (nSPS) is 16.3. The van der Waals surface area contributed by atoms with Crippen LogP contribution >= 0.6 is 15.9 Å². The van der Waals surface area contributed by atoms with Gasteiger partial charge in [0.2, 0.25) is 5.41 Å². The van der Waals surface area contributed by atoms with Gasteiger partial charge in [-0.2, -0.15) is 65.9 Å². The molecule has 0 aromatic heterocycles. The average Bonchev–Trinajstić information content (AvgIpc) is 2.30. The lowest BCUT2D eigenvalue weighted by Crippen LogP contribution is -2.72.